The normalized spacial score (nSPS) is 20.6. The molecule has 3 aromatic rings. The molecule has 0 bridgehead atoms. The first kappa shape index (κ1) is 39.3. The van der Waals surface area contributed by atoms with Crippen LogP contribution in [0.5, 0.6) is 0 Å². The van der Waals surface area contributed by atoms with Gasteiger partial charge in [-0.05, 0) is 101 Å². The number of anilines is 1. The second-order valence-corrected chi connectivity index (χ2v) is 15.9. The minimum absolute atomic E-state index is 0.0302. The van der Waals surface area contributed by atoms with E-state index in [0.717, 1.165) is 42.6 Å². The maximum absolute atomic E-state index is 14.3. The van der Waals surface area contributed by atoms with Gasteiger partial charge in [0.15, 0.2) is 11.7 Å². The summed E-state index contributed by atoms with van der Waals surface area (Å²) in [5.74, 6) is -0.934. The van der Waals surface area contributed by atoms with Gasteiger partial charge in [0.1, 0.15) is 12.6 Å². The number of para-hydroxylation sites is 1. The molecule has 7 rings (SSSR count). The molecule has 4 aliphatic rings. The first-order valence-corrected chi connectivity index (χ1v) is 20.0. The molecule has 5 heterocycles. The molecular formula is C41H55N7O8. The molecule has 0 radical (unpaired) electrons. The van der Waals surface area contributed by atoms with Crippen LogP contribution in [0, 0.1) is 6.92 Å². The van der Waals surface area contributed by atoms with Gasteiger partial charge in [0, 0.05) is 70.5 Å². The number of likely N-dealkylation sites (tertiary alicyclic amines) is 3. The third kappa shape index (κ3) is 8.58. The number of oxazole rings is 1. The third-order valence-corrected chi connectivity index (χ3v) is 12.0. The zero-order valence-corrected chi connectivity index (χ0v) is 33.0. The van der Waals surface area contributed by atoms with E-state index in [2.05, 4.69) is 10.2 Å². The Balaban J connectivity index is 1.01. The SMILES string of the molecule is Cc1cc(C[C@@H](OC(=O)N2CCC(N3CCc4ccccc4NC3=O)CC2)C(=O)N2CCC(N3CCC[C@H]3C(=O)OCCN(C)C)CC2)cc2oc(=O)n(C)c12. The number of nitrogens with one attached hydrogen (secondary N) is 1. The van der Waals surface area contributed by atoms with Gasteiger partial charge >= 0.3 is 23.8 Å². The lowest BCUT2D eigenvalue weighted by Crippen LogP contribution is -2.53. The van der Waals surface area contributed by atoms with E-state index >= 15 is 0 Å². The minimum Gasteiger partial charge on any atom is -0.463 e. The maximum atomic E-state index is 14.3. The molecule has 2 aromatic carbocycles. The van der Waals surface area contributed by atoms with Crippen molar-refractivity contribution in [2.45, 2.75) is 82.5 Å². The van der Waals surface area contributed by atoms with Gasteiger partial charge in [-0.15, -0.1) is 0 Å². The van der Waals surface area contributed by atoms with Crippen LogP contribution < -0.4 is 11.1 Å². The number of ether oxygens (including phenoxy) is 2. The number of piperidine rings is 2. The Labute approximate surface area is 327 Å². The van der Waals surface area contributed by atoms with Crippen LogP contribution in [-0.2, 0) is 39.0 Å². The summed E-state index contributed by atoms with van der Waals surface area (Å²) in [6, 6.07) is 11.2. The molecule has 0 spiro atoms. The highest BCUT2D eigenvalue weighted by atomic mass is 16.6. The fourth-order valence-corrected chi connectivity index (χ4v) is 8.91. The number of aromatic nitrogens is 1. The molecule has 2 atom stereocenters. The molecule has 3 saturated heterocycles. The van der Waals surface area contributed by atoms with Crippen LogP contribution in [0.25, 0.3) is 11.1 Å². The molecule has 0 saturated carbocycles. The summed E-state index contributed by atoms with van der Waals surface area (Å²) in [5.41, 5.74) is 4.54. The van der Waals surface area contributed by atoms with E-state index in [1.807, 2.05) is 61.2 Å². The third-order valence-electron chi connectivity index (χ3n) is 12.0. The van der Waals surface area contributed by atoms with Crippen LogP contribution >= 0.6 is 0 Å². The molecule has 1 N–H and O–H groups in total. The predicted molar refractivity (Wildman–Crippen MR) is 209 cm³/mol. The first-order valence-electron chi connectivity index (χ1n) is 20.0. The smallest absolute Gasteiger partial charge is 0.419 e. The Hall–Kier alpha value is -4.89. The number of rotatable bonds is 10. The van der Waals surface area contributed by atoms with E-state index in [9.17, 15) is 24.0 Å². The summed E-state index contributed by atoms with van der Waals surface area (Å²) in [7, 11) is 5.54. The van der Waals surface area contributed by atoms with Crippen molar-refractivity contribution in [1.82, 2.24) is 29.1 Å². The number of amides is 4. The van der Waals surface area contributed by atoms with Gasteiger partial charge in [-0.25, -0.2) is 14.4 Å². The van der Waals surface area contributed by atoms with E-state index in [-0.39, 0.29) is 42.5 Å². The van der Waals surface area contributed by atoms with Crippen LogP contribution in [0.2, 0.25) is 0 Å². The molecule has 4 amide bonds. The summed E-state index contributed by atoms with van der Waals surface area (Å²) in [6.07, 6.45) is 3.44. The number of esters is 1. The average molecular weight is 774 g/mol. The second-order valence-electron chi connectivity index (χ2n) is 15.9. The molecule has 56 heavy (non-hydrogen) atoms. The van der Waals surface area contributed by atoms with Gasteiger partial charge in [-0.2, -0.15) is 0 Å². The van der Waals surface area contributed by atoms with Crippen molar-refractivity contribution in [2.75, 3.05) is 71.8 Å². The van der Waals surface area contributed by atoms with Crippen LogP contribution in [0.4, 0.5) is 15.3 Å². The molecule has 0 aliphatic carbocycles. The Kier molecular flexibility index (Phi) is 12.0. The van der Waals surface area contributed by atoms with Crippen LogP contribution in [0.15, 0.2) is 45.6 Å². The fraction of sp³-hybridized carbons (Fsp3) is 0.585. The number of carbonyl (C=O) groups is 4. The summed E-state index contributed by atoms with van der Waals surface area (Å²) in [5, 5.41) is 3.04. The lowest BCUT2D eigenvalue weighted by Gasteiger charge is -2.40. The van der Waals surface area contributed by atoms with E-state index < -0.39 is 18.0 Å². The van der Waals surface area contributed by atoms with Crippen molar-refractivity contribution in [3.8, 4) is 0 Å². The lowest BCUT2D eigenvalue weighted by molar-refractivity contribution is -0.151. The van der Waals surface area contributed by atoms with Crippen LogP contribution in [-0.4, -0.2) is 144 Å². The van der Waals surface area contributed by atoms with Crippen LogP contribution in [0.1, 0.15) is 55.2 Å². The molecular weight excluding hydrogens is 718 g/mol. The highest BCUT2D eigenvalue weighted by Crippen LogP contribution is 2.29. The Morgan fingerprint density at radius 3 is 2.39 bits per heavy atom. The Morgan fingerprint density at radius 1 is 0.929 bits per heavy atom. The maximum Gasteiger partial charge on any atom is 0.419 e. The molecule has 3 fully saturated rings. The monoisotopic (exact) mass is 773 g/mol. The van der Waals surface area contributed by atoms with E-state index in [1.165, 1.54) is 4.57 Å². The average Bonchev–Trinajstić information content (AvgIpc) is 3.74. The first-order chi connectivity index (χ1) is 27.0. The number of aryl methyl sites for hydroxylation is 2. The largest absolute Gasteiger partial charge is 0.463 e. The molecule has 15 heteroatoms. The van der Waals surface area contributed by atoms with E-state index in [0.29, 0.717) is 88.2 Å². The van der Waals surface area contributed by atoms with E-state index in [4.69, 9.17) is 13.9 Å². The second kappa shape index (κ2) is 17.1. The number of carbonyl (C=O) groups excluding carboxylic acids is 4. The number of nitrogens with zero attached hydrogens (tertiary/aromatic N) is 6. The van der Waals surface area contributed by atoms with Gasteiger partial charge in [0.25, 0.3) is 5.91 Å². The Bertz CT molecular complexity index is 1980. The number of likely N-dealkylation sites (N-methyl/N-ethyl adjacent to an activating group) is 1. The zero-order valence-electron chi connectivity index (χ0n) is 33.0. The number of hydrogen-bond acceptors (Lipinski definition) is 10. The van der Waals surface area contributed by atoms with E-state index in [1.54, 1.807) is 22.9 Å². The van der Waals surface area contributed by atoms with Crippen molar-refractivity contribution in [1.29, 1.82) is 0 Å². The van der Waals surface area contributed by atoms with Crippen molar-refractivity contribution < 1.29 is 33.1 Å². The summed E-state index contributed by atoms with van der Waals surface area (Å²) in [6.45, 7) is 6.03. The highest BCUT2D eigenvalue weighted by molar-refractivity contribution is 5.91. The van der Waals surface area contributed by atoms with Crippen molar-refractivity contribution in [2.24, 2.45) is 7.05 Å². The molecule has 4 aliphatic heterocycles. The lowest BCUT2D eigenvalue weighted by atomic mass is 9.99. The molecule has 302 valence electrons. The number of fused-ring (bicyclic) bond motifs is 2. The van der Waals surface area contributed by atoms with Gasteiger partial charge in [0.2, 0.25) is 0 Å². The van der Waals surface area contributed by atoms with Gasteiger partial charge in [-0.1, -0.05) is 24.3 Å². The molecule has 0 unspecified atom stereocenters. The van der Waals surface area contributed by atoms with Gasteiger partial charge in [0.05, 0.1) is 5.52 Å². The summed E-state index contributed by atoms with van der Waals surface area (Å²) < 4.78 is 18.7. The van der Waals surface area contributed by atoms with Crippen molar-refractivity contribution in [3.63, 3.8) is 0 Å². The number of urea groups is 1. The topological polar surface area (TPSA) is 150 Å². The number of benzene rings is 2. The predicted octanol–water partition coefficient (Wildman–Crippen LogP) is 3.60. The highest BCUT2D eigenvalue weighted by Gasteiger charge is 2.40. The zero-order chi connectivity index (χ0) is 39.5. The fourth-order valence-electron chi connectivity index (χ4n) is 8.91. The molecule has 15 nitrogen and oxygen atoms in total. The van der Waals surface area contributed by atoms with Gasteiger partial charge < -0.3 is 38.8 Å². The molecule has 1 aromatic heterocycles. The van der Waals surface area contributed by atoms with Crippen molar-refractivity contribution >= 4 is 40.8 Å². The van der Waals surface area contributed by atoms with Gasteiger partial charge in [-0.3, -0.25) is 19.1 Å². The summed E-state index contributed by atoms with van der Waals surface area (Å²) >= 11 is 0. The summed E-state index contributed by atoms with van der Waals surface area (Å²) in [4.78, 5) is 76.2. The Morgan fingerprint density at radius 2 is 1.64 bits per heavy atom. The minimum atomic E-state index is -1.11. The standard InChI is InChI=1S/C41H55N7O8/c1-27-24-28(25-34-36(27)44(4)40(52)55-34)26-35(37(49)45-17-12-30(13-18-45)47-16-7-10-33(47)38(50)54-23-22-43(2)3)56-41(53)46-19-14-31(15-20-46)48-21-11-29-8-5-6-9-32(29)42-39(48)51/h5-6,8-9,24-25,30-31,33,35H,7,10-23,26H2,1-4H3,(H,42,51)/t33-,35+/m0/s1. The van der Waals surface area contributed by atoms with Crippen LogP contribution in [0.3, 0.4) is 0 Å². The van der Waals surface area contributed by atoms with Crippen molar-refractivity contribution in [3.05, 3.63) is 63.6 Å². The quantitative estimate of drug-likeness (QED) is 0.303. The number of hydrogen-bond donors (Lipinski definition) is 1.